The van der Waals surface area contributed by atoms with E-state index < -0.39 is 0 Å². The lowest BCUT2D eigenvalue weighted by Crippen LogP contribution is -2.44. The van der Waals surface area contributed by atoms with Crippen LogP contribution in [0.4, 0.5) is 11.8 Å². The van der Waals surface area contributed by atoms with E-state index in [1.54, 1.807) is 0 Å². The smallest absolute Gasteiger partial charge is 0.227 e. The number of piperazine rings is 1. The van der Waals surface area contributed by atoms with Gasteiger partial charge < -0.3 is 20.4 Å². The van der Waals surface area contributed by atoms with Crippen LogP contribution in [0, 0.1) is 0 Å². The zero-order valence-electron chi connectivity index (χ0n) is 12.6. The molecule has 1 aromatic heterocycles. The maximum atomic E-state index is 4.73. The highest BCUT2D eigenvalue weighted by Crippen LogP contribution is 2.14. The zero-order chi connectivity index (χ0) is 14.2. The predicted molar refractivity (Wildman–Crippen MR) is 83.5 cm³/mol. The van der Waals surface area contributed by atoms with Crippen LogP contribution in [0.5, 0.6) is 0 Å². The van der Waals surface area contributed by atoms with E-state index >= 15 is 0 Å². The maximum absolute atomic E-state index is 4.73. The van der Waals surface area contributed by atoms with E-state index in [4.69, 9.17) is 4.98 Å². The summed E-state index contributed by atoms with van der Waals surface area (Å²) in [6.45, 7) is 12.2. The van der Waals surface area contributed by atoms with Gasteiger partial charge in [0.25, 0.3) is 0 Å². The van der Waals surface area contributed by atoms with Gasteiger partial charge in [-0.15, -0.1) is 0 Å². The molecule has 0 radical (unpaired) electrons. The third kappa shape index (κ3) is 4.05. The molecule has 112 valence electrons. The molecule has 0 saturated carbocycles. The highest BCUT2D eigenvalue weighted by molar-refractivity contribution is 5.44. The first-order valence-corrected chi connectivity index (χ1v) is 7.59. The second-order valence-corrected chi connectivity index (χ2v) is 4.89. The average Bonchev–Trinajstić information content (AvgIpc) is 2.53. The predicted octanol–water partition coefficient (Wildman–Crippen LogP) is 0.322. The molecular formula is C14H26N6. The molecule has 1 saturated heterocycles. The molecule has 1 aliphatic heterocycles. The third-order valence-corrected chi connectivity index (χ3v) is 3.54. The standard InChI is InChI=1S/C14H26N6/c1-3-15-7-10-19(4-2)13-5-6-17-14(18-13)20-11-8-16-9-12-20/h5-6,15-16H,3-4,7-12H2,1-2H3. The van der Waals surface area contributed by atoms with Crippen LogP contribution in [0.3, 0.4) is 0 Å². The fraction of sp³-hybridized carbons (Fsp3) is 0.714. The van der Waals surface area contributed by atoms with E-state index in [9.17, 15) is 0 Å². The Labute approximate surface area is 121 Å². The first-order valence-electron chi connectivity index (χ1n) is 7.59. The highest BCUT2D eigenvalue weighted by atomic mass is 15.3. The van der Waals surface area contributed by atoms with Crippen molar-refractivity contribution in [1.82, 2.24) is 20.6 Å². The molecule has 0 atom stereocenters. The Hall–Kier alpha value is -1.40. The van der Waals surface area contributed by atoms with Crippen LogP contribution >= 0.6 is 0 Å². The van der Waals surface area contributed by atoms with Gasteiger partial charge in [0.15, 0.2) is 0 Å². The highest BCUT2D eigenvalue weighted by Gasteiger charge is 2.14. The van der Waals surface area contributed by atoms with E-state index in [0.717, 1.165) is 64.1 Å². The molecule has 2 heterocycles. The van der Waals surface area contributed by atoms with Crippen molar-refractivity contribution in [2.75, 3.05) is 62.2 Å². The molecule has 0 aromatic carbocycles. The van der Waals surface area contributed by atoms with Crippen LogP contribution in [0.2, 0.25) is 0 Å². The molecule has 0 unspecified atom stereocenters. The second-order valence-electron chi connectivity index (χ2n) is 4.89. The molecule has 20 heavy (non-hydrogen) atoms. The normalized spacial score (nSPS) is 15.4. The molecule has 0 bridgehead atoms. The molecule has 6 nitrogen and oxygen atoms in total. The van der Waals surface area contributed by atoms with Gasteiger partial charge in [-0.2, -0.15) is 4.98 Å². The number of hydrogen-bond acceptors (Lipinski definition) is 6. The van der Waals surface area contributed by atoms with Gasteiger partial charge in [0.05, 0.1) is 0 Å². The summed E-state index contributed by atoms with van der Waals surface area (Å²) < 4.78 is 0. The summed E-state index contributed by atoms with van der Waals surface area (Å²) in [7, 11) is 0. The van der Waals surface area contributed by atoms with Gasteiger partial charge in [-0.3, -0.25) is 0 Å². The fourth-order valence-corrected chi connectivity index (χ4v) is 2.36. The molecular weight excluding hydrogens is 252 g/mol. The Morgan fingerprint density at radius 3 is 2.85 bits per heavy atom. The van der Waals surface area contributed by atoms with Crippen molar-refractivity contribution in [2.24, 2.45) is 0 Å². The molecule has 2 rings (SSSR count). The van der Waals surface area contributed by atoms with Gasteiger partial charge in [-0.1, -0.05) is 6.92 Å². The largest absolute Gasteiger partial charge is 0.355 e. The Bertz CT molecular complexity index is 391. The van der Waals surface area contributed by atoms with Crippen LogP contribution in [-0.4, -0.2) is 62.3 Å². The minimum Gasteiger partial charge on any atom is -0.355 e. The SMILES string of the molecule is CCNCCN(CC)c1ccnc(N2CCNCC2)n1. The van der Waals surface area contributed by atoms with Crippen molar-refractivity contribution in [2.45, 2.75) is 13.8 Å². The minimum atomic E-state index is 0.853. The lowest BCUT2D eigenvalue weighted by molar-refractivity contribution is 0.579. The van der Waals surface area contributed by atoms with Crippen molar-refractivity contribution in [1.29, 1.82) is 0 Å². The molecule has 1 fully saturated rings. The summed E-state index contributed by atoms with van der Waals surface area (Å²) in [5.74, 6) is 1.87. The van der Waals surface area contributed by atoms with E-state index in [1.807, 2.05) is 12.3 Å². The topological polar surface area (TPSA) is 56.3 Å². The number of nitrogens with one attached hydrogen (secondary N) is 2. The van der Waals surface area contributed by atoms with Crippen LogP contribution in [0.15, 0.2) is 12.3 Å². The van der Waals surface area contributed by atoms with Gasteiger partial charge >= 0.3 is 0 Å². The van der Waals surface area contributed by atoms with Crippen LogP contribution in [0.25, 0.3) is 0 Å². The molecule has 6 heteroatoms. The average molecular weight is 278 g/mol. The fourth-order valence-electron chi connectivity index (χ4n) is 2.36. The lowest BCUT2D eigenvalue weighted by atomic mass is 10.4. The molecule has 1 aliphatic rings. The van der Waals surface area contributed by atoms with Gasteiger partial charge in [-0.05, 0) is 19.5 Å². The first-order chi connectivity index (χ1) is 9.85. The van der Waals surface area contributed by atoms with Crippen molar-refractivity contribution >= 4 is 11.8 Å². The molecule has 2 N–H and O–H groups in total. The summed E-state index contributed by atoms with van der Waals surface area (Å²) in [4.78, 5) is 13.7. The Balaban J connectivity index is 2.02. The van der Waals surface area contributed by atoms with Crippen LogP contribution < -0.4 is 20.4 Å². The summed E-state index contributed by atoms with van der Waals surface area (Å²) >= 11 is 0. The Morgan fingerprint density at radius 2 is 2.15 bits per heavy atom. The van der Waals surface area contributed by atoms with Gasteiger partial charge in [0, 0.05) is 52.0 Å². The third-order valence-electron chi connectivity index (χ3n) is 3.54. The molecule has 0 spiro atoms. The van der Waals surface area contributed by atoms with E-state index in [2.05, 4.69) is 39.3 Å². The summed E-state index contributed by atoms with van der Waals surface area (Å²) in [6, 6.07) is 2.00. The van der Waals surface area contributed by atoms with Gasteiger partial charge in [-0.25, -0.2) is 4.98 Å². The molecule has 0 aliphatic carbocycles. The minimum absolute atomic E-state index is 0.853. The zero-order valence-corrected chi connectivity index (χ0v) is 12.6. The van der Waals surface area contributed by atoms with Gasteiger partial charge in [0.1, 0.15) is 5.82 Å². The first kappa shape index (κ1) is 15.0. The summed E-state index contributed by atoms with van der Waals surface area (Å²) in [6.07, 6.45) is 1.87. The number of aromatic nitrogens is 2. The van der Waals surface area contributed by atoms with Crippen molar-refractivity contribution in [3.63, 3.8) is 0 Å². The number of hydrogen-bond donors (Lipinski definition) is 2. The van der Waals surface area contributed by atoms with E-state index in [-0.39, 0.29) is 0 Å². The van der Waals surface area contributed by atoms with E-state index in [1.165, 1.54) is 0 Å². The van der Waals surface area contributed by atoms with Crippen LogP contribution in [0.1, 0.15) is 13.8 Å². The van der Waals surface area contributed by atoms with Gasteiger partial charge in [0.2, 0.25) is 5.95 Å². The van der Waals surface area contributed by atoms with Crippen molar-refractivity contribution in [3.05, 3.63) is 12.3 Å². The lowest BCUT2D eigenvalue weighted by Gasteiger charge is -2.29. The molecule has 1 aromatic rings. The monoisotopic (exact) mass is 278 g/mol. The Kier molecular flexibility index (Phi) is 6.01. The quantitative estimate of drug-likeness (QED) is 0.701. The van der Waals surface area contributed by atoms with Crippen molar-refractivity contribution < 1.29 is 0 Å². The summed E-state index contributed by atoms with van der Waals surface area (Å²) in [5.41, 5.74) is 0. The number of anilines is 2. The molecule has 0 amide bonds. The Morgan fingerprint density at radius 1 is 1.35 bits per heavy atom. The van der Waals surface area contributed by atoms with E-state index in [0.29, 0.717) is 0 Å². The second kappa shape index (κ2) is 8.01. The summed E-state index contributed by atoms with van der Waals surface area (Å²) in [5, 5.41) is 6.71. The van der Waals surface area contributed by atoms with Crippen LogP contribution in [-0.2, 0) is 0 Å². The number of nitrogens with zero attached hydrogens (tertiary/aromatic N) is 4. The number of rotatable bonds is 7. The number of likely N-dealkylation sites (N-methyl/N-ethyl adjacent to an activating group) is 2. The maximum Gasteiger partial charge on any atom is 0.227 e. The van der Waals surface area contributed by atoms with Crippen molar-refractivity contribution in [3.8, 4) is 0 Å².